The second-order valence-corrected chi connectivity index (χ2v) is 8.53. The zero-order valence-electron chi connectivity index (χ0n) is 19.9. The highest BCUT2D eigenvalue weighted by molar-refractivity contribution is 5.78. The third-order valence-electron chi connectivity index (χ3n) is 6.37. The SMILES string of the molecule is COc1ccc(-c2nc(Cn3c(=O)n(CC4CCCO4)c(=O)c4ccccc43)c(C)o2)cc1OC. The Bertz CT molecular complexity index is 1490. The van der Waals surface area contributed by atoms with Gasteiger partial charge in [0.25, 0.3) is 5.56 Å². The molecule has 0 spiro atoms. The second kappa shape index (κ2) is 9.42. The Hall–Kier alpha value is -3.85. The largest absolute Gasteiger partial charge is 0.493 e. The van der Waals surface area contributed by atoms with Crippen molar-refractivity contribution in [1.29, 1.82) is 0 Å². The van der Waals surface area contributed by atoms with Crippen molar-refractivity contribution in [3.05, 3.63) is 74.8 Å². The van der Waals surface area contributed by atoms with Crippen molar-refractivity contribution in [3.8, 4) is 23.0 Å². The van der Waals surface area contributed by atoms with Crippen LogP contribution in [0, 0.1) is 6.92 Å². The molecule has 1 aliphatic rings. The zero-order valence-corrected chi connectivity index (χ0v) is 19.9. The van der Waals surface area contributed by atoms with E-state index in [1.807, 2.05) is 19.1 Å². The average Bonchev–Trinajstić information content (AvgIpc) is 3.53. The lowest BCUT2D eigenvalue weighted by Gasteiger charge is -2.16. The van der Waals surface area contributed by atoms with Crippen molar-refractivity contribution in [3.63, 3.8) is 0 Å². The normalized spacial score (nSPS) is 15.6. The molecule has 1 fully saturated rings. The van der Waals surface area contributed by atoms with Crippen molar-refractivity contribution in [2.45, 2.75) is 39.0 Å². The van der Waals surface area contributed by atoms with Gasteiger partial charge >= 0.3 is 5.69 Å². The molecule has 1 aliphatic heterocycles. The van der Waals surface area contributed by atoms with Crippen LogP contribution < -0.4 is 20.7 Å². The number of aryl methyl sites for hydroxylation is 1. The molecule has 182 valence electrons. The summed E-state index contributed by atoms with van der Waals surface area (Å²) in [5.41, 5.74) is 1.18. The van der Waals surface area contributed by atoms with Crippen molar-refractivity contribution >= 4 is 10.9 Å². The van der Waals surface area contributed by atoms with Gasteiger partial charge in [0.2, 0.25) is 5.89 Å². The van der Waals surface area contributed by atoms with Gasteiger partial charge in [-0.3, -0.25) is 13.9 Å². The van der Waals surface area contributed by atoms with E-state index in [0.29, 0.717) is 46.4 Å². The second-order valence-electron chi connectivity index (χ2n) is 8.53. The van der Waals surface area contributed by atoms with Crippen molar-refractivity contribution < 1.29 is 18.6 Å². The highest BCUT2D eigenvalue weighted by Crippen LogP contribution is 2.32. The molecular weight excluding hydrogens is 450 g/mol. The minimum Gasteiger partial charge on any atom is -0.493 e. The number of fused-ring (bicyclic) bond motifs is 1. The first-order valence-electron chi connectivity index (χ1n) is 11.5. The van der Waals surface area contributed by atoms with Crippen molar-refractivity contribution in [1.82, 2.24) is 14.1 Å². The van der Waals surface area contributed by atoms with Crippen LogP contribution in [0.1, 0.15) is 24.3 Å². The van der Waals surface area contributed by atoms with Crippen LogP contribution in [-0.4, -0.2) is 41.0 Å². The standard InChI is InChI=1S/C26H27N3O6/c1-16-20(27-24(35-16)17-10-11-22(32-2)23(13-17)33-3)15-28-21-9-5-4-8-19(21)25(30)29(26(28)31)14-18-7-6-12-34-18/h4-5,8-11,13,18H,6-7,12,14-15H2,1-3H3. The van der Waals surface area contributed by atoms with E-state index in [2.05, 4.69) is 4.98 Å². The van der Waals surface area contributed by atoms with Crippen LogP contribution in [0.4, 0.5) is 0 Å². The highest BCUT2D eigenvalue weighted by Gasteiger charge is 2.22. The molecule has 3 heterocycles. The molecule has 5 rings (SSSR count). The average molecular weight is 478 g/mol. The summed E-state index contributed by atoms with van der Waals surface area (Å²) in [5.74, 6) is 2.16. The van der Waals surface area contributed by atoms with E-state index >= 15 is 0 Å². The summed E-state index contributed by atoms with van der Waals surface area (Å²) >= 11 is 0. The Morgan fingerprint density at radius 3 is 2.60 bits per heavy atom. The first-order valence-corrected chi connectivity index (χ1v) is 11.5. The Labute approximate surface area is 201 Å². The Balaban J connectivity index is 1.57. The molecule has 4 aromatic rings. The fourth-order valence-corrected chi connectivity index (χ4v) is 4.49. The number of rotatable bonds is 7. The van der Waals surface area contributed by atoms with Gasteiger partial charge in [-0.25, -0.2) is 9.78 Å². The molecule has 0 aliphatic carbocycles. The quantitative estimate of drug-likeness (QED) is 0.403. The number of aromatic nitrogens is 3. The van der Waals surface area contributed by atoms with E-state index in [1.54, 1.807) is 49.1 Å². The molecule has 2 aromatic carbocycles. The molecule has 0 radical (unpaired) electrons. The number of nitrogens with zero attached hydrogens (tertiary/aromatic N) is 3. The summed E-state index contributed by atoms with van der Waals surface area (Å²) in [4.78, 5) is 31.3. The predicted octanol–water partition coefficient (Wildman–Crippen LogP) is 3.37. The summed E-state index contributed by atoms with van der Waals surface area (Å²) in [7, 11) is 3.14. The van der Waals surface area contributed by atoms with Gasteiger partial charge in [-0.15, -0.1) is 0 Å². The van der Waals surface area contributed by atoms with E-state index in [-0.39, 0.29) is 30.4 Å². The first kappa shape index (κ1) is 22.9. The summed E-state index contributed by atoms with van der Waals surface area (Å²) in [6, 6.07) is 12.5. The molecule has 2 aromatic heterocycles. The molecule has 1 atom stereocenters. The van der Waals surface area contributed by atoms with Crippen LogP contribution >= 0.6 is 0 Å². The maximum absolute atomic E-state index is 13.5. The number of ether oxygens (including phenoxy) is 3. The molecule has 0 saturated carbocycles. The Kier molecular flexibility index (Phi) is 6.17. The van der Waals surface area contributed by atoms with Crippen LogP contribution in [0.15, 0.2) is 56.5 Å². The Morgan fingerprint density at radius 1 is 1.06 bits per heavy atom. The van der Waals surface area contributed by atoms with Gasteiger partial charge in [-0.1, -0.05) is 12.1 Å². The highest BCUT2D eigenvalue weighted by atomic mass is 16.5. The molecule has 0 amide bonds. The van der Waals surface area contributed by atoms with Crippen molar-refractivity contribution in [2.24, 2.45) is 0 Å². The van der Waals surface area contributed by atoms with E-state index in [0.717, 1.165) is 18.4 Å². The van der Waals surface area contributed by atoms with E-state index in [9.17, 15) is 9.59 Å². The van der Waals surface area contributed by atoms with Gasteiger partial charge in [-0.2, -0.15) is 0 Å². The number of oxazole rings is 1. The third-order valence-corrected chi connectivity index (χ3v) is 6.37. The summed E-state index contributed by atoms with van der Waals surface area (Å²) < 4.78 is 25.2. The minimum absolute atomic E-state index is 0.138. The summed E-state index contributed by atoms with van der Waals surface area (Å²) in [6.07, 6.45) is 1.62. The first-order chi connectivity index (χ1) is 17.0. The predicted molar refractivity (Wildman–Crippen MR) is 130 cm³/mol. The molecule has 35 heavy (non-hydrogen) atoms. The zero-order chi connectivity index (χ0) is 24.5. The molecule has 1 saturated heterocycles. The number of para-hydroxylation sites is 1. The van der Waals surface area contributed by atoms with Crippen LogP contribution in [0.5, 0.6) is 11.5 Å². The van der Waals surface area contributed by atoms with E-state index < -0.39 is 0 Å². The summed E-state index contributed by atoms with van der Waals surface area (Å²) in [6.45, 7) is 2.85. The Morgan fingerprint density at radius 2 is 1.86 bits per heavy atom. The smallest absolute Gasteiger partial charge is 0.331 e. The van der Waals surface area contributed by atoms with Gasteiger partial charge in [0.15, 0.2) is 11.5 Å². The molecular formula is C26H27N3O6. The van der Waals surface area contributed by atoms with Crippen LogP contribution in [0.25, 0.3) is 22.4 Å². The fourth-order valence-electron chi connectivity index (χ4n) is 4.49. The van der Waals surface area contributed by atoms with Crippen LogP contribution in [0.3, 0.4) is 0 Å². The van der Waals surface area contributed by atoms with E-state index in [4.69, 9.17) is 18.6 Å². The topological polar surface area (TPSA) is 97.7 Å². The van der Waals surface area contributed by atoms with Crippen LogP contribution in [0.2, 0.25) is 0 Å². The number of benzene rings is 2. The molecule has 9 nitrogen and oxygen atoms in total. The van der Waals surface area contributed by atoms with Crippen molar-refractivity contribution in [2.75, 3.05) is 20.8 Å². The fraction of sp³-hybridized carbons (Fsp3) is 0.346. The number of methoxy groups -OCH3 is 2. The lowest BCUT2D eigenvalue weighted by Crippen LogP contribution is -2.42. The van der Waals surface area contributed by atoms with Gasteiger partial charge in [-0.05, 0) is 50.1 Å². The maximum atomic E-state index is 13.5. The van der Waals surface area contributed by atoms with Gasteiger partial charge in [0.05, 0.1) is 44.3 Å². The summed E-state index contributed by atoms with van der Waals surface area (Å²) in [5, 5.41) is 0.478. The monoisotopic (exact) mass is 477 g/mol. The third kappa shape index (κ3) is 4.23. The lowest BCUT2D eigenvalue weighted by atomic mass is 10.2. The molecule has 9 heteroatoms. The van der Waals surface area contributed by atoms with Gasteiger partial charge in [0.1, 0.15) is 11.5 Å². The minimum atomic E-state index is -0.390. The molecule has 1 unspecified atom stereocenters. The molecule has 0 bridgehead atoms. The maximum Gasteiger partial charge on any atom is 0.331 e. The number of hydrogen-bond acceptors (Lipinski definition) is 7. The van der Waals surface area contributed by atoms with Gasteiger partial charge in [0, 0.05) is 12.2 Å². The number of hydrogen-bond donors (Lipinski definition) is 0. The molecule has 0 N–H and O–H groups in total. The van der Waals surface area contributed by atoms with Crippen LogP contribution in [-0.2, 0) is 17.8 Å². The van der Waals surface area contributed by atoms with E-state index in [1.165, 1.54) is 4.57 Å². The lowest BCUT2D eigenvalue weighted by molar-refractivity contribution is 0.0948. The van der Waals surface area contributed by atoms with Gasteiger partial charge < -0.3 is 18.6 Å².